The molecular formula is C20H26N8O2. The summed E-state index contributed by atoms with van der Waals surface area (Å²) < 4.78 is 11.0. The van der Waals surface area contributed by atoms with Gasteiger partial charge in [-0.25, -0.2) is 0 Å². The number of ether oxygens (including phenoxy) is 2. The zero-order valence-electron chi connectivity index (χ0n) is 16.9. The van der Waals surface area contributed by atoms with Gasteiger partial charge in [-0.05, 0) is 24.3 Å². The Labute approximate surface area is 175 Å². The summed E-state index contributed by atoms with van der Waals surface area (Å²) >= 11 is 0. The van der Waals surface area contributed by atoms with Gasteiger partial charge in [-0.3, -0.25) is 4.99 Å². The molecule has 0 amide bonds. The van der Waals surface area contributed by atoms with E-state index in [0.717, 1.165) is 56.5 Å². The molecule has 0 aliphatic carbocycles. The minimum absolute atomic E-state index is 0.677. The van der Waals surface area contributed by atoms with Crippen LogP contribution in [0.5, 0.6) is 0 Å². The van der Waals surface area contributed by atoms with Crippen LogP contribution in [0.15, 0.2) is 29.3 Å². The number of aromatic nitrogens is 3. The predicted molar refractivity (Wildman–Crippen MR) is 115 cm³/mol. The Morgan fingerprint density at radius 1 is 0.800 bits per heavy atom. The first-order valence-corrected chi connectivity index (χ1v) is 10.4. The quantitative estimate of drug-likeness (QED) is 0.750. The topological polar surface area (TPSA) is 100 Å². The van der Waals surface area contributed by atoms with Crippen molar-refractivity contribution in [1.82, 2.24) is 20.3 Å². The lowest BCUT2D eigenvalue weighted by Gasteiger charge is -2.30. The summed E-state index contributed by atoms with van der Waals surface area (Å²) in [5.74, 6) is 2.90. The molecule has 4 heterocycles. The smallest absolute Gasteiger partial charge is 0.230 e. The fourth-order valence-corrected chi connectivity index (χ4v) is 3.61. The van der Waals surface area contributed by atoms with Crippen LogP contribution in [0.3, 0.4) is 0 Å². The average Bonchev–Trinajstić information content (AvgIpc) is 3.33. The van der Waals surface area contributed by atoms with E-state index in [1.165, 1.54) is 0 Å². The SMILES string of the molecule is c1cc(-c2nc(N3CCOCC3)nc(N3CCOCC3)n2)ccc1NC1=NCCN1. The first-order chi connectivity index (χ1) is 14.8. The Hall–Kier alpha value is -2.98. The van der Waals surface area contributed by atoms with Crippen molar-refractivity contribution in [3.8, 4) is 11.4 Å². The maximum Gasteiger partial charge on any atom is 0.230 e. The van der Waals surface area contributed by atoms with E-state index in [0.29, 0.717) is 44.1 Å². The number of nitrogens with zero attached hydrogens (tertiary/aromatic N) is 6. The van der Waals surface area contributed by atoms with Crippen LogP contribution in [0, 0.1) is 0 Å². The Morgan fingerprint density at radius 3 is 1.93 bits per heavy atom. The van der Waals surface area contributed by atoms with Gasteiger partial charge < -0.3 is 29.9 Å². The number of hydrogen-bond acceptors (Lipinski definition) is 10. The lowest BCUT2D eigenvalue weighted by atomic mass is 10.2. The first kappa shape index (κ1) is 19.0. The molecule has 1 aromatic heterocycles. The number of nitrogens with one attached hydrogen (secondary N) is 2. The molecule has 10 heteroatoms. The standard InChI is InChI=1S/C20H26N8O2/c1-3-16(23-18-21-5-6-22-18)4-2-15(1)17-24-19(27-7-11-29-12-8-27)26-20(25-17)28-9-13-30-14-10-28/h1-4H,5-14H2,(H2,21,22,23). The van der Waals surface area contributed by atoms with Crippen LogP contribution < -0.4 is 20.4 Å². The monoisotopic (exact) mass is 410 g/mol. The third-order valence-electron chi connectivity index (χ3n) is 5.28. The Kier molecular flexibility index (Phi) is 5.58. The number of rotatable bonds is 4. The number of guanidine groups is 1. The van der Waals surface area contributed by atoms with Gasteiger partial charge in [-0.15, -0.1) is 0 Å². The fraction of sp³-hybridized carbons (Fsp3) is 0.500. The van der Waals surface area contributed by atoms with Crippen LogP contribution >= 0.6 is 0 Å². The van der Waals surface area contributed by atoms with Crippen LogP contribution in [0.4, 0.5) is 17.6 Å². The molecule has 158 valence electrons. The average molecular weight is 410 g/mol. The summed E-state index contributed by atoms with van der Waals surface area (Å²) in [6.45, 7) is 7.55. The molecule has 0 bridgehead atoms. The molecular weight excluding hydrogens is 384 g/mol. The van der Waals surface area contributed by atoms with Crippen molar-refractivity contribution < 1.29 is 9.47 Å². The zero-order chi connectivity index (χ0) is 20.2. The molecule has 10 nitrogen and oxygen atoms in total. The first-order valence-electron chi connectivity index (χ1n) is 10.4. The summed E-state index contributed by atoms with van der Waals surface area (Å²) in [5.41, 5.74) is 1.93. The number of aliphatic imine (C=N–C) groups is 1. The van der Waals surface area contributed by atoms with Crippen molar-refractivity contribution in [3.63, 3.8) is 0 Å². The molecule has 30 heavy (non-hydrogen) atoms. The highest BCUT2D eigenvalue weighted by Crippen LogP contribution is 2.24. The summed E-state index contributed by atoms with van der Waals surface area (Å²) in [6, 6.07) is 8.09. The minimum atomic E-state index is 0.677. The largest absolute Gasteiger partial charge is 0.378 e. The van der Waals surface area contributed by atoms with E-state index in [1.807, 2.05) is 24.3 Å². The molecule has 0 radical (unpaired) electrons. The van der Waals surface area contributed by atoms with Crippen LogP contribution in [0.25, 0.3) is 11.4 Å². The zero-order valence-corrected chi connectivity index (χ0v) is 16.9. The van der Waals surface area contributed by atoms with Gasteiger partial charge >= 0.3 is 0 Å². The van der Waals surface area contributed by atoms with Crippen LogP contribution in [0.2, 0.25) is 0 Å². The van der Waals surface area contributed by atoms with Gasteiger partial charge in [0.1, 0.15) is 0 Å². The molecule has 0 unspecified atom stereocenters. The van der Waals surface area contributed by atoms with Crippen LogP contribution in [-0.4, -0.2) is 86.6 Å². The minimum Gasteiger partial charge on any atom is -0.378 e. The van der Waals surface area contributed by atoms with E-state index in [1.54, 1.807) is 0 Å². The predicted octanol–water partition coefficient (Wildman–Crippen LogP) is 0.583. The lowest BCUT2D eigenvalue weighted by Crippen LogP contribution is -2.40. The highest BCUT2D eigenvalue weighted by atomic mass is 16.5. The third kappa shape index (κ3) is 4.29. The van der Waals surface area contributed by atoms with Crippen LogP contribution in [0.1, 0.15) is 0 Å². The molecule has 2 N–H and O–H groups in total. The van der Waals surface area contributed by atoms with Gasteiger partial charge in [-0.1, -0.05) is 0 Å². The van der Waals surface area contributed by atoms with Crippen molar-refractivity contribution >= 4 is 23.5 Å². The molecule has 2 aromatic rings. The van der Waals surface area contributed by atoms with E-state index in [9.17, 15) is 0 Å². The van der Waals surface area contributed by atoms with E-state index >= 15 is 0 Å². The summed E-state index contributed by atoms with van der Waals surface area (Å²) in [5, 5.41) is 6.50. The second kappa shape index (κ2) is 8.80. The summed E-state index contributed by atoms with van der Waals surface area (Å²) in [7, 11) is 0. The maximum atomic E-state index is 5.49. The highest BCUT2D eigenvalue weighted by molar-refractivity contribution is 5.94. The molecule has 3 aliphatic rings. The number of morpholine rings is 2. The molecule has 0 saturated carbocycles. The highest BCUT2D eigenvalue weighted by Gasteiger charge is 2.21. The maximum absolute atomic E-state index is 5.49. The number of anilines is 3. The van der Waals surface area contributed by atoms with E-state index in [2.05, 4.69) is 25.4 Å². The van der Waals surface area contributed by atoms with E-state index in [-0.39, 0.29) is 0 Å². The second-order valence-electron chi connectivity index (χ2n) is 7.32. The molecule has 0 atom stereocenters. The Morgan fingerprint density at radius 2 is 1.40 bits per heavy atom. The van der Waals surface area contributed by atoms with Crippen LogP contribution in [-0.2, 0) is 9.47 Å². The number of benzene rings is 1. The second-order valence-corrected chi connectivity index (χ2v) is 7.32. The number of hydrogen-bond donors (Lipinski definition) is 2. The van der Waals surface area contributed by atoms with Gasteiger partial charge in [0.25, 0.3) is 0 Å². The van der Waals surface area contributed by atoms with Crippen molar-refractivity contribution in [2.45, 2.75) is 0 Å². The lowest BCUT2D eigenvalue weighted by molar-refractivity contribution is 0.121. The third-order valence-corrected chi connectivity index (χ3v) is 5.28. The molecule has 3 aliphatic heterocycles. The van der Waals surface area contributed by atoms with Gasteiger partial charge in [0.2, 0.25) is 11.9 Å². The Balaban J connectivity index is 1.43. The summed E-state index contributed by atoms with van der Waals surface area (Å²) in [4.78, 5) is 23.1. The van der Waals surface area contributed by atoms with Crippen molar-refractivity contribution in [2.24, 2.45) is 4.99 Å². The molecule has 0 spiro atoms. The van der Waals surface area contributed by atoms with Gasteiger partial charge in [0.15, 0.2) is 11.8 Å². The summed E-state index contributed by atoms with van der Waals surface area (Å²) in [6.07, 6.45) is 0. The van der Waals surface area contributed by atoms with Crippen molar-refractivity contribution in [1.29, 1.82) is 0 Å². The molecule has 1 aromatic carbocycles. The molecule has 2 saturated heterocycles. The van der Waals surface area contributed by atoms with Crippen molar-refractivity contribution in [3.05, 3.63) is 24.3 Å². The van der Waals surface area contributed by atoms with Crippen molar-refractivity contribution in [2.75, 3.05) is 80.8 Å². The fourth-order valence-electron chi connectivity index (χ4n) is 3.61. The van der Waals surface area contributed by atoms with E-state index in [4.69, 9.17) is 24.4 Å². The van der Waals surface area contributed by atoms with E-state index < -0.39 is 0 Å². The van der Waals surface area contributed by atoms with Gasteiger partial charge in [-0.2, -0.15) is 15.0 Å². The Bertz CT molecular complexity index is 856. The van der Waals surface area contributed by atoms with Gasteiger partial charge in [0, 0.05) is 44.0 Å². The van der Waals surface area contributed by atoms with Gasteiger partial charge in [0.05, 0.1) is 33.0 Å². The normalized spacial score (nSPS) is 19.4. The molecule has 2 fully saturated rings. The molecule has 5 rings (SSSR count).